The van der Waals surface area contributed by atoms with Crippen LogP contribution in [0, 0.1) is 0 Å². The molecule has 2 aliphatic rings. The molecule has 26 heavy (non-hydrogen) atoms. The summed E-state index contributed by atoms with van der Waals surface area (Å²) in [5.74, 6) is 1.39. The van der Waals surface area contributed by atoms with Gasteiger partial charge < -0.3 is 14.4 Å². The van der Waals surface area contributed by atoms with Crippen molar-refractivity contribution < 1.29 is 14.3 Å². The van der Waals surface area contributed by atoms with Gasteiger partial charge in [0.25, 0.3) is 5.91 Å². The van der Waals surface area contributed by atoms with Crippen LogP contribution in [0.25, 0.3) is 11.1 Å². The predicted octanol–water partition coefficient (Wildman–Crippen LogP) is 2.97. The van der Waals surface area contributed by atoms with E-state index in [0.29, 0.717) is 12.5 Å². The highest BCUT2D eigenvalue weighted by Crippen LogP contribution is 2.35. The minimum Gasteiger partial charge on any atom is -0.497 e. The number of carbonyl (C=O) groups is 1. The Hall–Kier alpha value is -2.34. The summed E-state index contributed by atoms with van der Waals surface area (Å²) in [6.45, 7) is 2.27. The molecule has 2 aliphatic heterocycles. The van der Waals surface area contributed by atoms with Crippen LogP contribution < -0.4 is 4.74 Å². The molecule has 2 aromatic rings. The molecule has 0 aliphatic carbocycles. The van der Waals surface area contributed by atoms with Crippen molar-refractivity contribution in [3.8, 4) is 16.9 Å². The molecule has 1 atom stereocenters. The summed E-state index contributed by atoms with van der Waals surface area (Å²) in [6.07, 6.45) is 5.40. The summed E-state index contributed by atoms with van der Waals surface area (Å²) < 4.78 is 10.9. The van der Waals surface area contributed by atoms with Crippen molar-refractivity contribution in [2.24, 2.45) is 0 Å². The number of methoxy groups -OCH3 is 1. The second-order valence-electron chi connectivity index (χ2n) is 7.03. The molecule has 1 amide bonds. The molecule has 6 nitrogen and oxygen atoms in total. The number of rotatable bonds is 4. The minimum atomic E-state index is -0.217. The first-order valence-corrected chi connectivity index (χ1v) is 9.34. The molecule has 4 rings (SSSR count). The fourth-order valence-corrected chi connectivity index (χ4v) is 3.99. The van der Waals surface area contributed by atoms with Crippen molar-refractivity contribution in [1.82, 2.24) is 15.1 Å². The molecule has 2 saturated heterocycles. The Morgan fingerprint density at radius 2 is 2.15 bits per heavy atom. The van der Waals surface area contributed by atoms with Crippen LogP contribution in [-0.4, -0.2) is 53.9 Å². The lowest BCUT2D eigenvalue weighted by molar-refractivity contribution is -0.142. The minimum absolute atomic E-state index is 0.165. The van der Waals surface area contributed by atoms with Crippen molar-refractivity contribution in [1.29, 1.82) is 0 Å². The van der Waals surface area contributed by atoms with Crippen LogP contribution in [0.1, 0.15) is 37.3 Å². The number of aromatic nitrogens is 2. The third kappa shape index (κ3) is 3.33. The van der Waals surface area contributed by atoms with E-state index in [-0.39, 0.29) is 12.0 Å². The summed E-state index contributed by atoms with van der Waals surface area (Å²) in [4.78, 5) is 14.5. The summed E-state index contributed by atoms with van der Waals surface area (Å²) in [7, 11) is 1.68. The molecule has 0 radical (unpaired) electrons. The maximum atomic E-state index is 12.5. The number of nitrogens with zero attached hydrogens (tertiary/aromatic N) is 2. The molecule has 1 aromatic carbocycles. The third-order valence-corrected chi connectivity index (χ3v) is 5.47. The Morgan fingerprint density at radius 1 is 1.31 bits per heavy atom. The number of H-pyrrole nitrogens is 1. The van der Waals surface area contributed by atoms with E-state index in [4.69, 9.17) is 9.47 Å². The van der Waals surface area contributed by atoms with Gasteiger partial charge in [-0.15, -0.1) is 0 Å². The number of benzene rings is 1. The van der Waals surface area contributed by atoms with Gasteiger partial charge in [-0.25, -0.2) is 0 Å². The third-order valence-electron chi connectivity index (χ3n) is 5.47. The maximum absolute atomic E-state index is 12.5. The van der Waals surface area contributed by atoms with Crippen molar-refractivity contribution in [3.63, 3.8) is 0 Å². The summed E-state index contributed by atoms with van der Waals surface area (Å²) >= 11 is 0. The van der Waals surface area contributed by atoms with Gasteiger partial charge >= 0.3 is 0 Å². The van der Waals surface area contributed by atoms with Gasteiger partial charge in [-0.3, -0.25) is 9.89 Å². The standard InChI is InChI=1S/C20H25N3O3/c1-25-16-5-2-4-15(12-16)17-13-21-22-19(17)14-7-9-23(10-8-14)20(24)18-6-3-11-26-18/h2,4-5,12-14,18H,3,6-11H2,1H3,(H,21,22). The van der Waals surface area contributed by atoms with E-state index in [1.165, 1.54) is 0 Å². The number of likely N-dealkylation sites (tertiary alicyclic amines) is 1. The molecule has 0 saturated carbocycles. The van der Waals surface area contributed by atoms with E-state index in [1.807, 2.05) is 29.3 Å². The highest BCUT2D eigenvalue weighted by Gasteiger charge is 2.32. The predicted molar refractivity (Wildman–Crippen MR) is 98.1 cm³/mol. The van der Waals surface area contributed by atoms with E-state index >= 15 is 0 Å². The van der Waals surface area contributed by atoms with Crippen LogP contribution >= 0.6 is 0 Å². The monoisotopic (exact) mass is 355 g/mol. The van der Waals surface area contributed by atoms with Crippen LogP contribution in [0.4, 0.5) is 0 Å². The number of hydrogen-bond acceptors (Lipinski definition) is 4. The van der Waals surface area contributed by atoms with Gasteiger partial charge in [-0.05, 0) is 43.4 Å². The summed E-state index contributed by atoms with van der Waals surface area (Å²) in [6, 6.07) is 8.05. The van der Waals surface area contributed by atoms with Crippen molar-refractivity contribution in [2.75, 3.05) is 26.8 Å². The first-order valence-electron chi connectivity index (χ1n) is 9.34. The number of carbonyl (C=O) groups excluding carboxylic acids is 1. The number of piperidine rings is 1. The number of nitrogens with one attached hydrogen (secondary N) is 1. The van der Waals surface area contributed by atoms with E-state index in [1.54, 1.807) is 7.11 Å². The molecule has 3 heterocycles. The van der Waals surface area contributed by atoms with Crippen LogP contribution in [0.3, 0.4) is 0 Å². The molecule has 0 bridgehead atoms. The molecule has 0 spiro atoms. The average molecular weight is 355 g/mol. The van der Waals surface area contributed by atoms with Gasteiger partial charge in [-0.2, -0.15) is 5.10 Å². The van der Waals surface area contributed by atoms with Crippen LogP contribution in [0.15, 0.2) is 30.5 Å². The zero-order chi connectivity index (χ0) is 17.9. The normalized spacial score (nSPS) is 21.1. The van der Waals surface area contributed by atoms with Gasteiger partial charge in [0.1, 0.15) is 11.9 Å². The van der Waals surface area contributed by atoms with Gasteiger partial charge in [0.05, 0.1) is 13.3 Å². The van der Waals surface area contributed by atoms with Crippen molar-refractivity contribution in [3.05, 3.63) is 36.2 Å². The lowest BCUT2D eigenvalue weighted by Crippen LogP contribution is -2.43. The fraction of sp³-hybridized carbons (Fsp3) is 0.500. The molecule has 1 N–H and O–H groups in total. The van der Waals surface area contributed by atoms with E-state index in [9.17, 15) is 4.79 Å². The van der Waals surface area contributed by atoms with Gasteiger partial charge in [-0.1, -0.05) is 12.1 Å². The smallest absolute Gasteiger partial charge is 0.251 e. The molecule has 2 fully saturated rings. The Morgan fingerprint density at radius 3 is 2.88 bits per heavy atom. The van der Waals surface area contributed by atoms with Gasteiger partial charge in [0.2, 0.25) is 0 Å². The van der Waals surface area contributed by atoms with E-state index in [2.05, 4.69) is 16.3 Å². The first-order chi connectivity index (χ1) is 12.8. The largest absolute Gasteiger partial charge is 0.497 e. The number of ether oxygens (including phenoxy) is 2. The van der Waals surface area contributed by atoms with Crippen molar-refractivity contribution >= 4 is 5.91 Å². The second-order valence-corrected chi connectivity index (χ2v) is 7.03. The molecular weight excluding hydrogens is 330 g/mol. The number of aromatic amines is 1. The van der Waals surface area contributed by atoms with Gasteiger partial charge in [0.15, 0.2) is 0 Å². The Labute approximate surface area is 153 Å². The van der Waals surface area contributed by atoms with Crippen LogP contribution in [-0.2, 0) is 9.53 Å². The lowest BCUT2D eigenvalue weighted by Gasteiger charge is -2.33. The van der Waals surface area contributed by atoms with Crippen molar-refractivity contribution in [2.45, 2.75) is 37.7 Å². The highest BCUT2D eigenvalue weighted by molar-refractivity contribution is 5.81. The number of hydrogen-bond donors (Lipinski definition) is 1. The van der Waals surface area contributed by atoms with E-state index in [0.717, 1.165) is 61.3 Å². The molecule has 1 aromatic heterocycles. The molecular formula is C20H25N3O3. The summed E-state index contributed by atoms with van der Waals surface area (Å²) in [5, 5.41) is 7.47. The van der Waals surface area contributed by atoms with Gasteiger partial charge in [0, 0.05) is 36.9 Å². The zero-order valence-electron chi connectivity index (χ0n) is 15.1. The average Bonchev–Trinajstić information content (AvgIpc) is 3.39. The van der Waals surface area contributed by atoms with Crippen LogP contribution in [0.2, 0.25) is 0 Å². The molecule has 1 unspecified atom stereocenters. The first kappa shape index (κ1) is 17.1. The molecule has 6 heteroatoms. The lowest BCUT2D eigenvalue weighted by atomic mass is 9.89. The van der Waals surface area contributed by atoms with Crippen LogP contribution in [0.5, 0.6) is 5.75 Å². The fourth-order valence-electron chi connectivity index (χ4n) is 3.99. The quantitative estimate of drug-likeness (QED) is 0.916. The Balaban J connectivity index is 1.45. The SMILES string of the molecule is COc1cccc(-c2cn[nH]c2C2CCN(C(=O)C3CCCO3)CC2)c1. The number of amides is 1. The Kier molecular flexibility index (Phi) is 4.93. The second kappa shape index (κ2) is 7.50. The summed E-state index contributed by atoms with van der Waals surface area (Å²) in [5.41, 5.74) is 3.38. The van der Waals surface area contributed by atoms with E-state index < -0.39 is 0 Å². The Bertz CT molecular complexity index is 759. The topological polar surface area (TPSA) is 67.5 Å². The molecule has 138 valence electrons. The highest BCUT2D eigenvalue weighted by atomic mass is 16.5. The maximum Gasteiger partial charge on any atom is 0.251 e. The zero-order valence-corrected chi connectivity index (χ0v) is 15.1.